The maximum Gasteiger partial charge on any atom is 0.253 e. The lowest BCUT2D eigenvalue weighted by Crippen LogP contribution is -2.41. The monoisotopic (exact) mass is 460 g/mol. The van der Waals surface area contributed by atoms with Gasteiger partial charge in [0.15, 0.2) is 0 Å². The average molecular weight is 461 g/mol. The molecule has 34 heavy (non-hydrogen) atoms. The van der Waals surface area contributed by atoms with E-state index in [1.807, 2.05) is 37.3 Å². The van der Waals surface area contributed by atoms with Crippen molar-refractivity contribution in [3.8, 4) is 11.5 Å². The molecular weight excluding hydrogens is 432 g/mol. The standard InChI is InChI=1S/C26H28N4O4/c1-16-21(33-2)14-20(15-22(16)34-3)26(32)30-25(19-11-9-18(10-12-19)24(27)28)29-23(31)13-17-7-5-4-6-8-17/h4-12,14-15,25H,13H2,1-3H3,(H3,27,28)(H,29,31)(H,30,32). The summed E-state index contributed by atoms with van der Waals surface area (Å²) in [5, 5.41) is 13.3. The fourth-order valence-electron chi connectivity index (χ4n) is 3.48. The predicted octanol–water partition coefficient (Wildman–Crippen LogP) is 3.08. The summed E-state index contributed by atoms with van der Waals surface area (Å²) in [6.45, 7) is 1.84. The summed E-state index contributed by atoms with van der Waals surface area (Å²) in [5.74, 6) is 0.280. The second-order valence-electron chi connectivity index (χ2n) is 7.68. The molecular formula is C26H28N4O4. The number of rotatable bonds is 9. The minimum absolute atomic E-state index is 0.0703. The number of ether oxygens (including phenoxy) is 2. The van der Waals surface area contributed by atoms with Crippen LogP contribution in [0, 0.1) is 12.3 Å². The predicted molar refractivity (Wildman–Crippen MR) is 130 cm³/mol. The summed E-state index contributed by atoms with van der Waals surface area (Å²) in [6.07, 6.45) is -0.659. The first-order chi connectivity index (χ1) is 16.3. The molecule has 0 heterocycles. The lowest BCUT2D eigenvalue weighted by Gasteiger charge is -2.22. The zero-order valence-corrected chi connectivity index (χ0v) is 19.3. The SMILES string of the molecule is COc1cc(C(=O)NC(NC(=O)Cc2ccccc2)c2ccc(C(=N)N)cc2)cc(OC)c1C. The molecule has 176 valence electrons. The highest BCUT2D eigenvalue weighted by Crippen LogP contribution is 2.29. The van der Waals surface area contributed by atoms with Gasteiger partial charge in [-0.15, -0.1) is 0 Å². The third kappa shape index (κ3) is 5.92. The molecule has 0 aliphatic carbocycles. The van der Waals surface area contributed by atoms with Gasteiger partial charge in [-0.05, 0) is 30.2 Å². The summed E-state index contributed by atoms with van der Waals surface area (Å²) in [7, 11) is 3.04. The van der Waals surface area contributed by atoms with Gasteiger partial charge in [-0.25, -0.2) is 0 Å². The van der Waals surface area contributed by atoms with Crippen LogP contribution in [0.3, 0.4) is 0 Å². The molecule has 2 amide bonds. The lowest BCUT2D eigenvalue weighted by molar-refractivity contribution is -0.121. The van der Waals surface area contributed by atoms with Crippen LogP contribution in [0.4, 0.5) is 0 Å². The molecule has 0 bridgehead atoms. The van der Waals surface area contributed by atoms with Crippen LogP contribution in [-0.2, 0) is 11.2 Å². The number of carbonyl (C=O) groups excluding carboxylic acids is 2. The van der Waals surface area contributed by atoms with Crippen LogP contribution >= 0.6 is 0 Å². The molecule has 5 N–H and O–H groups in total. The van der Waals surface area contributed by atoms with Crippen LogP contribution in [-0.4, -0.2) is 31.9 Å². The highest BCUT2D eigenvalue weighted by atomic mass is 16.5. The van der Waals surface area contributed by atoms with Crippen LogP contribution < -0.4 is 25.8 Å². The van der Waals surface area contributed by atoms with Crippen molar-refractivity contribution in [1.29, 1.82) is 5.41 Å². The summed E-state index contributed by atoms with van der Waals surface area (Å²) in [6, 6.07) is 19.3. The first kappa shape index (κ1) is 24.3. The molecule has 3 aromatic carbocycles. The van der Waals surface area contributed by atoms with E-state index in [1.165, 1.54) is 14.2 Å². The molecule has 0 aromatic heterocycles. The fraction of sp³-hybridized carbons (Fsp3) is 0.192. The van der Waals surface area contributed by atoms with E-state index in [0.29, 0.717) is 28.2 Å². The molecule has 0 radical (unpaired) electrons. The van der Waals surface area contributed by atoms with Crippen molar-refractivity contribution in [2.24, 2.45) is 5.73 Å². The van der Waals surface area contributed by atoms with Gasteiger partial charge in [0.2, 0.25) is 5.91 Å². The van der Waals surface area contributed by atoms with Crippen LogP contribution in [0.2, 0.25) is 0 Å². The zero-order valence-electron chi connectivity index (χ0n) is 19.3. The van der Waals surface area contributed by atoms with E-state index in [1.54, 1.807) is 36.4 Å². The summed E-state index contributed by atoms with van der Waals surface area (Å²) in [4.78, 5) is 25.9. The fourth-order valence-corrected chi connectivity index (χ4v) is 3.48. The molecule has 1 atom stereocenters. The summed E-state index contributed by atoms with van der Waals surface area (Å²) < 4.78 is 10.7. The van der Waals surface area contributed by atoms with Crippen molar-refractivity contribution >= 4 is 17.6 Å². The average Bonchev–Trinajstić information content (AvgIpc) is 2.84. The number of carbonyl (C=O) groups is 2. The number of methoxy groups -OCH3 is 2. The molecule has 3 rings (SSSR count). The van der Waals surface area contributed by atoms with Gasteiger partial charge in [0, 0.05) is 16.7 Å². The molecule has 0 spiro atoms. The topological polar surface area (TPSA) is 127 Å². The second kappa shape index (κ2) is 11.0. The summed E-state index contributed by atoms with van der Waals surface area (Å²) >= 11 is 0. The highest BCUT2D eigenvalue weighted by molar-refractivity contribution is 5.96. The van der Waals surface area contributed by atoms with E-state index >= 15 is 0 Å². The summed E-state index contributed by atoms with van der Waals surface area (Å²) in [5.41, 5.74) is 8.67. The molecule has 0 fully saturated rings. The number of hydrogen-bond acceptors (Lipinski definition) is 5. The van der Waals surface area contributed by atoms with Gasteiger partial charge >= 0.3 is 0 Å². The van der Waals surface area contributed by atoms with Crippen molar-refractivity contribution in [3.63, 3.8) is 0 Å². The van der Waals surface area contributed by atoms with Gasteiger partial charge in [0.1, 0.15) is 23.5 Å². The second-order valence-corrected chi connectivity index (χ2v) is 7.68. The molecule has 0 aliphatic rings. The molecule has 8 heteroatoms. The molecule has 0 saturated heterocycles. The Bertz CT molecular complexity index is 1150. The van der Waals surface area contributed by atoms with E-state index in [2.05, 4.69) is 10.6 Å². The number of nitrogen functional groups attached to an aromatic ring is 1. The van der Waals surface area contributed by atoms with E-state index in [0.717, 1.165) is 11.1 Å². The minimum atomic E-state index is -0.817. The Labute approximate surface area is 198 Å². The Morgan fingerprint density at radius 1 is 0.912 bits per heavy atom. The normalized spacial score (nSPS) is 11.3. The van der Waals surface area contributed by atoms with E-state index in [-0.39, 0.29) is 18.2 Å². The molecule has 0 saturated carbocycles. The molecule has 3 aromatic rings. The van der Waals surface area contributed by atoms with Crippen LogP contribution in [0.15, 0.2) is 66.7 Å². The number of amidine groups is 1. The first-order valence-electron chi connectivity index (χ1n) is 10.6. The van der Waals surface area contributed by atoms with Gasteiger partial charge < -0.3 is 25.8 Å². The van der Waals surface area contributed by atoms with Crippen LogP contribution in [0.1, 0.15) is 38.8 Å². The number of amides is 2. The Morgan fingerprint density at radius 2 is 1.50 bits per heavy atom. The van der Waals surface area contributed by atoms with Gasteiger partial charge in [-0.2, -0.15) is 0 Å². The maximum atomic E-state index is 13.2. The Hall–Kier alpha value is -4.33. The third-order valence-corrected chi connectivity index (χ3v) is 5.36. The van der Waals surface area contributed by atoms with Crippen molar-refractivity contribution in [1.82, 2.24) is 10.6 Å². The van der Waals surface area contributed by atoms with E-state index in [9.17, 15) is 9.59 Å². The first-order valence-corrected chi connectivity index (χ1v) is 10.6. The number of nitrogens with one attached hydrogen (secondary N) is 3. The van der Waals surface area contributed by atoms with Crippen LogP contribution in [0.5, 0.6) is 11.5 Å². The number of benzene rings is 3. The van der Waals surface area contributed by atoms with Gasteiger partial charge in [0.25, 0.3) is 5.91 Å². The minimum Gasteiger partial charge on any atom is -0.496 e. The van der Waals surface area contributed by atoms with Crippen molar-refractivity contribution < 1.29 is 19.1 Å². The molecule has 8 nitrogen and oxygen atoms in total. The molecule has 1 unspecified atom stereocenters. The Balaban J connectivity index is 1.87. The van der Waals surface area contributed by atoms with Gasteiger partial charge in [-0.1, -0.05) is 54.6 Å². The maximum absolute atomic E-state index is 13.2. The lowest BCUT2D eigenvalue weighted by atomic mass is 10.1. The van der Waals surface area contributed by atoms with Crippen molar-refractivity contribution in [2.45, 2.75) is 19.5 Å². The third-order valence-electron chi connectivity index (χ3n) is 5.36. The van der Waals surface area contributed by atoms with Gasteiger partial charge in [-0.3, -0.25) is 15.0 Å². The number of hydrogen-bond donors (Lipinski definition) is 4. The van der Waals surface area contributed by atoms with E-state index in [4.69, 9.17) is 20.6 Å². The Morgan fingerprint density at radius 3 is 2.03 bits per heavy atom. The Kier molecular flexibility index (Phi) is 7.87. The quantitative estimate of drug-likeness (QED) is 0.222. The highest BCUT2D eigenvalue weighted by Gasteiger charge is 2.20. The van der Waals surface area contributed by atoms with Gasteiger partial charge in [0.05, 0.1) is 20.6 Å². The zero-order chi connectivity index (χ0) is 24.7. The number of nitrogens with two attached hydrogens (primary N) is 1. The smallest absolute Gasteiger partial charge is 0.253 e. The van der Waals surface area contributed by atoms with Crippen LogP contribution in [0.25, 0.3) is 0 Å². The molecule has 0 aliphatic heterocycles. The van der Waals surface area contributed by atoms with E-state index < -0.39 is 12.1 Å². The van der Waals surface area contributed by atoms with Crippen molar-refractivity contribution in [3.05, 3.63) is 94.5 Å². The largest absolute Gasteiger partial charge is 0.496 e. The van der Waals surface area contributed by atoms with Crippen molar-refractivity contribution in [2.75, 3.05) is 14.2 Å².